The number of hydrogen-bond donors (Lipinski definition) is 1. The van der Waals surface area contributed by atoms with E-state index in [9.17, 15) is 5.11 Å². The number of rotatable bonds is 7. The number of morpholine rings is 1. The summed E-state index contributed by atoms with van der Waals surface area (Å²) in [6.07, 6.45) is 0. The average Bonchev–Trinajstić information content (AvgIpc) is 2.73. The van der Waals surface area contributed by atoms with Crippen LogP contribution in [0.2, 0.25) is 0 Å². The molecule has 0 aromatic heterocycles. The van der Waals surface area contributed by atoms with Crippen LogP contribution in [-0.2, 0) is 10.3 Å². The van der Waals surface area contributed by atoms with Crippen molar-refractivity contribution in [2.24, 2.45) is 5.92 Å². The molecule has 2 aromatic carbocycles. The van der Waals surface area contributed by atoms with Crippen LogP contribution >= 0.6 is 0 Å². The van der Waals surface area contributed by atoms with Gasteiger partial charge in [-0.25, -0.2) is 0 Å². The van der Waals surface area contributed by atoms with Gasteiger partial charge in [0.05, 0.1) is 25.9 Å². The number of nitrogens with zero attached hydrogens (tertiary/aromatic N) is 1. The van der Waals surface area contributed by atoms with Crippen LogP contribution in [-0.4, -0.2) is 50.0 Å². The van der Waals surface area contributed by atoms with Gasteiger partial charge in [0.15, 0.2) is 0 Å². The smallest absolute Gasteiger partial charge is 0.118 e. The van der Waals surface area contributed by atoms with Crippen LogP contribution in [0, 0.1) is 5.92 Å². The van der Waals surface area contributed by atoms with Crippen molar-refractivity contribution in [3.05, 3.63) is 65.7 Å². The lowest BCUT2D eigenvalue weighted by Crippen LogP contribution is -2.47. The van der Waals surface area contributed by atoms with Gasteiger partial charge in [0, 0.05) is 25.6 Å². The highest BCUT2D eigenvalue weighted by Crippen LogP contribution is 2.43. The SMILES string of the molecule is COc1ccc([C@](O)(C(C)C)[C@H](CN2CCOCC2)c2ccccc2)cc1. The van der Waals surface area contributed by atoms with Crippen LogP contribution in [0.25, 0.3) is 0 Å². The number of hydrogen-bond acceptors (Lipinski definition) is 4. The van der Waals surface area contributed by atoms with E-state index in [2.05, 4.69) is 43.0 Å². The quantitative estimate of drug-likeness (QED) is 0.809. The first-order valence-electron chi connectivity index (χ1n) is 9.77. The normalized spacial score (nSPS) is 18.9. The van der Waals surface area contributed by atoms with Crippen molar-refractivity contribution < 1.29 is 14.6 Å². The van der Waals surface area contributed by atoms with Gasteiger partial charge in [-0.1, -0.05) is 56.3 Å². The van der Waals surface area contributed by atoms with Crippen molar-refractivity contribution >= 4 is 0 Å². The Hall–Kier alpha value is -1.88. The molecule has 2 aromatic rings. The molecule has 1 fully saturated rings. The van der Waals surface area contributed by atoms with Crippen LogP contribution in [0.5, 0.6) is 5.75 Å². The Morgan fingerprint density at radius 3 is 2.22 bits per heavy atom. The average molecular weight is 370 g/mol. The van der Waals surface area contributed by atoms with E-state index in [1.807, 2.05) is 30.3 Å². The van der Waals surface area contributed by atoms with Gasteiger partial charge in [-0.15, -0.1) is 0 Å². The Labute approximate surface area is 162 Å². The van der Waals surface area contributed by atoms with E-state index >= 15 is 0 Å². The van der Waals surface area contributed by atoms with Gasteiger partial charge in [-0.3, -0.25) is 4.90 Å². The molecule has 1 heterocycles. The molecule has 146 valence electrons. The first-order chi connectivity index (χ1) is 13.1. The standard InChI is InChI=1S/C23H31NO3/c1-18(2)23(25,20-9-11-21(26-3)12-10-20)22(19-7-5-4-6-8-19)17-24-13-15-27-16-14-24/h4-12,18,22,25H,13-17H2,1-3H3/t22-,23-/m1/s1. The minimum absolute atomic E-state index is 0.0369. The van der Waals surface area contributed by atoms with Gasteiger partial charge in [-0.05, 0) is 29.2 Å². The van der Waals surface area contributed by atoms with Crippen LogP contribution in [0.15, 0.2) is 54.6 Å². The van der Waals surface area contributed by atoms with E-state index < -0.39 is 5.60 Å². The fraction of sp³-hybridized carbons (Fsp3) is 0.478. The summed E-state index contributed by atoms with van der Waals surface area (Å²) < 4.78 is 10.8. The number of aliphatic hydroxyl groups is 1. The summed E-state index contributed by atoms with van der Waals surface area (Å²) in [4.78, 5) is 2.40. The van der Waals surface area contributed by atoms with Crippen molar-refractivity contribution in [1.29, 1.82) is 0 Å². The molecule has 0 aliphatic carbocycles. The molecule has 1 aliphatic heterocycles. The van der Waals surface area contributed by atoms with Crippen molar-refractivity contribution in [3.63, 3.8) is 0 Å². The monoisotopic (exact) mass is 369 g/mol. The summed E-state index contributed by atoms with van der Waals surface area (Å²) in [6, 6.07) is 18.2. The third kappa shape index (κ3) is 4.34. The van der Waals surface area contributed by atoms with E-state index in [4.69, 9.17) is 9.47 Å². The summed E-state index contributed by atoms with van der Waals surface area (Å²) >= 11 is 0. The molecule has 0 amide bonds. The molecule has 4 nitrogen and oxygen atoms in total. The highest BCUT2D eigenvalue weighted by atomic mass is 16.5. The number of ether oxygens (including phenoxy) is 2. The second-order valence-corrected chi connectivity index (χ2v) is 7.58. The van der Waals surface area contributed by atoms with Crippen LogP contribution < -0.4 is 4.74 Å². The van der Waals surface area contributed by atoms with E-state index in [0.717, 1.165) is 49.7 Å². The fourth-order valence-electron chi connectivity index (χ4n) is 4.02. The van der Waals surface area contributed by atoms with Gasteiger partial charge in [-0.2, -0.15) is 0 Å². The van der Waals surface area contributed by atoms with Crippen LogP contribution in [0.1, 0.15) is 30.9 Å². The Bertz CT molecular complexity index is 695. The van der Waals surface area contributed by atoms with Crippen LogP contribution in [0.3, 0.4) is 0 Å². The molecule has 4 heteroatoms. The van der Waals surface area contributed by atoms with Crippen molar-refractivity contribution in [2.45, 2.75) is 25.4 Å². The maximum atomic E-state index is 12.1. The second kappa shape index (κ2) is 8.87. The van der Waals surface area contributed by atoms with E-state index in [-0.39, 0.29) is 11.8 Å². The highest BCUT2D eigenvalue weighted by Gasteiger charge is 2.43. The maximum Gasteiger partial charge on any atom is 0.118 e. The minimum Gasteiger partial charge on any atom is -0.497 e. The maximum absolute atomic E-state index is 12.1. The molecule has 27 heavy (non-hydrogen) atoms. The summed E-state index contributed by atoms with van der Waals surface area (Å²) in [7, 11) is 1.66. The second-order valence-electron chi connectivity index (χ2n) is 7.58. The molecular weight excluding hydrogens is 338 g/mol. The summed E-state index contributed by atoms with van der Waals surface area (Å²) in [6.45, 7) is 8.31. The van der Waals surface area contributed by atoms with E-state index in [0.29, 0.717) is 0 Å². The summed E-state index contributed by atoms with van der Waals surface area (Å²) in [5.41, 5.74) is 1.11. The highest BCUT2D eigenvalue weighted by molar-refractivity contribution is 5.36. The van der Waals surface area contributed by atoms with Gasteiger partial charge < -0.3 is 14.6 Å². The Balaban J connectivity index is 2.01. The van der Waals surface area contributed by atoms with Crippen LogP contribution in [0.4, 0.5) is 0 Å². The van der Waals surface area contributed by atoms with Gasteiger partial charge >= 0.3 is 0 Å². The lowest BCUT2D eigenvalue weighted by molar-refractivity contribution is -0.0547. The largest absolute Gasteiger partial charge is 0.497 e. The summed E-state index contributed by atoms with van der Waals surface area (Å²) in [5, 5.41) is 12.1. The molecule has 0 bridgehead atoms. The predicted molar refractivity (Wildman–Crippen MR) is 108 cm³/mol. The third-order valence-electron chi connectivity index (χ3n) is 5.71. The first-order valence-corrected chi connectivity index (χ1v) is 9.77. The Morgan fingerprint density at radius 2 is 1.67 bits per heavy atom. The van der Waals surface area contributed by atoms with Gasteiger partial charge in [0.25, 0.3) is 0 Å². The minimum atomic E-state index is -0.980. The lowest BCUT2D eigenvalue weighted by atomic mass is 9.70. The van der Waals surface area contributed by atoms with E-state index in [1.54, 1.807) is 7.11 Å². The predicted octanol–water partition coefficient (Wildman–Crippen LogP) is 3.65. The molecule has 1 N–H and O–H groups in total. The van der Waals surface area contributed by atoms with Crippen molar-refractivity contribution in [2.75, 3.05) is 40.0 Å². The number of methoxy groups -OCH3 is 1. The first kappa shape index (κ1) is 19.9. The zero-order valence-electron chi connectivity index (χ0n) is 16.6. The Kier molecular flexibility index (Phi) is 6.53. The zero-order chi connectivity index (χ0) is 19.3. The lowest BCUT2D eigenvalue weighted by Gasteiger charge is -2.43. The third-order valence-corrected chi connectivity index (χ3v) is 5.71. The molecular formula is C23H31NO3. The molecule has 0 spiro atoms. The van der Waals surface area contributed by atoms with Crippen molar-refractivity contribution in [1.82, 2.24) is 4.90 Å². The van der Waals surface area contributed by atoms with E-state index in [1.165, 1.54) is 0 Å². The number of benzene rings is 2. The molecule has 1 saturated heterocycles. The Morgan fingerprint density at radius 1 is 1.04 bits per heavy atom. The molecule has 0 unspecified atom stereocenters. The topological polar surface area (TPSA) is 41.9 Å². The van der Waals surface area contributed by atoms with Crippen molar-refractivity contribution in [3.8, 4) is 5.75 Å². The molecule has 2 atom stereocenters. The molecule has 0 saturated carbocycles. The molecule has 1 aliphatic rings. The van der Waals surface area contributed by atoms with Gasteiger partial charge in [0.1, 0.15) is 5.75 Å². The molecule has 3 rings (SSSR count). The zero-order valence-corrected chi connectivity index (χ0v) is 16.6. The summed E-state index contributed by atoms with van der Waals surface area (Å²) in [5.74, 6) is 0.816. The molecule has 0 radical (unpaired) electrons. The fourth-order valence-corrected chi connectivity index (χ4v) is 4.02. The van der Waals surface area contributed by atoms with Gasteiger partial charge in [0.2, 0.25) is 0 Å².